The Morgan fingerprint density at radius 3 is 2.14 bits per heavy atom. The molecular formula is C16H14N2O2S2. The molecule has 1 aliphatic rings. The first kappa shape index (κ1) is 14.7. The molecule has 0 atom stereocenters. The van der Waals surface area contributed by atoms with Gasteiger partial charge in [0.1, 0.15) is 0 Å². The number of thiocarbonyl (C=S) groups is 1. The lowest BCUT2D eigenvalue weighted by atomic mass is 10.1. The van der Waals surface area contributed by atoms with Crippen LogP contribution < -0.4 is 10.6 Å². The third-order valence-electron chi connectivity index (χ3n) is 3.37. The lowest BCUT2D eigenvalue weighted by molar-refractivity contribution is 0.600. The minimum atomic E-state index is -3.59. The minimum Gasteiger partial charge on any atom is -0.358 e. The molecule has 0 fully saturated rings. The summed E-state index contributed by atoms with van der Waals surface area (Å²) in [5.74, 6) is 0. The van der Waals surface area contributed by atoms with Gasteiger partial charge in [-0.25, -0.2) is 8.42 Å². The first-order chi connectivity index (χ1) is 10.6. The summed E-state index contributed by atoms with van der Waals surface area (Å²) in [7, 11) is -3.59. The summed E-state index contributed by atoms with van der Waals surface area (Å²) in [6, 6.07) is 17.7. The Morgan fingerprint density at radius 1 is 0.909 bits per heavy atom. The van der Waals surface area contributed by atoms with E-state index in [-0.39, 0.29) is 11.4 Å². The van der Waals surface area contributed by atoms with Crippen molar-refractivity contribution in [2.24, 2.45) is 0 Å². The number of hydrogen-bond donors (Lipinski definition) is 2. The van der Waals surface area contributed by atoms with Crippen molar-refractivity contribution in [1.29, 1.82) is 0 Å². The SMILES string of the molecule is O=S(=O)(C1=C(c2ccccc2)NC(=S)NC1)c1ccccc1. The Balaban J connectivity index is 2.18. The molecule has 1 aliphatic heterocycles. The van der Waals surface area contributed by atoms with Crippen molar-refractivity contribution in [2.75, 3.05) is 6.54 Å². The van der Waals surface area contributed by atoms with Crippen LogP contribution in [0.3, 0.4) is 0 Å². The topological polar surface area (TPSA) is 58.2 Å². The number of hydrogen-bond acceptors (Lipinski definition) is 3. The Labute approximate surface area is 134 Å². The van der Waals surface area contributed by atoms with Gasteiger partial charge in [0.2, 0.25) is 9.84 Å². The Bertz CT molecular complexity index is 829. The van der Waals surface area contributed by atoms with Crippen molar-refractivity contribution < 1.29 is 8.42 Å². The van der Waals surface area contributed by atoms with Crippen molar-refractivity contribution in [3.8, 4) is 0 Å². The van der Waals surface area contributed by atoms with Gasteiger partial charge in [-0.2, -0.15) is 0 Å². The second kappa shape index (κ2) is 5.90. The Morgan fingerprint density at radius 2 is 1.50 bits per heavy atom. The molecule has 112 valence electrons. The van der Waals surface area contributed by atoms with Crippen molar-refractivity contribution in [2.45, 2.75) is 4.90 Å². The molecule has 0 radical (unpaired) electrons. The lowest BCUT2D eigenvalue weighted by Gasteiger charge is -2.24. The van der Waals surface area contributed by atoms with Gasteiger partial charge in [0.25, 0.3) is 0 Å². The number of sulfone groups is 1. The molecule has 0 saturated heterocycles. The van der Waals surface area contributed by atoms with E-state index in [9.17, 15) is 8.42 Å². The van der Waals surface area contributed by atoms with Gasteiger partial charge in [0.15, 0.2) is 5.11 Å². The number of rotatable bonds is 3. The predicted octanol–water partition coefficient (Wildman–Crippen LogP) is 2.31. The maximum Gasteiger partial charge on any atom is 0.206 e. The zero-order chi connectivity index (χ0) is 15.6. The first-order valence-corrected chi connectivity index (χ1v) is 8.62. The van der Waals surface area contributed by atoms with Crippen LogP contribution >= 0.6 is 12.2 Å². The Hall–Kier alpha value is -2.18. The molecule has 0 aliphatic carbocycles. The largest absolute Gasteiger partial charge is 0.358 e. The Kier molecular flexibility index (Phi) is 3.96. The van der Waals surface area contributed by atoms with Gasteiger partial charge in [0.05, 0.1) is 22.0 Å². The molecule has 4 nitrogen and oxygen atoms in total. The maximum atomic E-state index is 12.9. The molecule has 2 aromatic rings. The van der Waals surface area contributed by atoms with Gasteiger partial charge in [0, 0.05) is 0 Å². The van der Waals surface area contributed by atoms with Crippen LogP contribution in [0.25, 0.3) is 5.70 Å². The summed E-state index contributed by atoms with van der Waals surface area (Å²) in [5, 5.41) is 6.29. The predicted molar refractivity (Wildman–Crippen MR) is 90.7 cm³/mol. The monoisotopic (exact) mass is 330 g/mol. The van der Waals surface area contributed by atoms with Gasteiger partial charge >= 0.3 is 0 Å². The molecule has 0 saturated carbocycles. The summed E-state index contributed by atoms with van der Waals surface area (Å²) >= 11 is 5.12. The van der Waals surface area contributed by atoms with Crippen LogP contribution in [0.1, 0.15) is 5.56 Å². The molecule has 3 rings (SSSR count). The minimum absolute atomic E-state index is 0.174. The quantitative estimate of drug-likeness (QED) is 0.846. The molecule has 2 N–H and O–H groups in total. The molecule has 22 heavy (non-hydrogen) atoms. The molecule has 1 heterocycles. The highest BCUT2D eigenvalue weighted by Gasteiger charge is 2.28. The summed E-state index contributed by atoms with van der Waals surface area (Å²) in [6.45, 7) is 0.174. The molecule has 0 aromatic heterocycles. The first-order valence-electron chi connectivity index (χ1n) is 6.72. The second-order valence-electron chi connectivity index (χ2n) is 4.79. The van der Waals surface area contributed by atoms with E-state index in [0.717, 1.165) is 5.56 Å². The molecule has 6 heteroatoms. The molecule has 0 spiro atoms. The maximum absolute atomic E-state index is 12.9. The van der Waals surface area contributed by atoms with Gasteiger partial charge < -0.3 is 10.6 Å². The van der Waals surface area contributed by atoms with Gasteiger partial charge in [-0.3, -0.25) is 0 Å². The van der Waals surface area contributed by atoms with E-state index in [1.54, 1.807) is 30.3 Å². The third kappa shape index (κ3) is 2.75. The summed E-state index contributed by atoms with van der Waals surface area (Å²) in [4.78, 5) is 0.563. The zero-order valence-corrected chi connectivity index (χ0v) is 13.2. The van der Waals surface area contributed by atoms with Crippen LogP contribution in [-0.2, 0) is 9.84 Å². The van der Waals surface area contributed by atoms with E-state index in [4.69, 9.17) is 12.2 Å². The van der Waals surface area contributed by atoms with Gasteiger partial charge in [-0.1, -0.05) is 48.5 Å². The van der Waals surface area contributed by atoms with Crippen LogP contribution in [0.5, 0.6) is 0 Å². The van der Waals surface area contributed by atoms with E-state index in [1.807, 2.05) is 30.3 Å². The van der Waals surface area contributed by atoms with Gasteiger partial charge in [-0.15, -0.1) is 0 Å². The van der Waals surface area contributed by atoms with Crippen molar-refractivity contribution in [3.05, 3.63) is 71.1 Å². The van der Waals surface area contributed by atoms with Crippen molar-refractivity contribution in [3.63, 3.8) is 0 Å². The molecule has 0 bridgehead atoms. The summed E-state index contributed by atoms with van der Waals surface area (Å²) in [5.41, 5.74) is 1.33. The molecular weight excluding hydrogens is 316 g/mol. The van der Waals surface area contributed by atoms with E-state index < -0.39 is 9.84 Å². The van der Waals surface area contributed by atoms with Crippen LogP contribution in [-0.4, -0.2) is 20.1 Å². The molecule has 0 amide bonds. The second-order valence-corrected chi connectivity index (χ2v) is 7.17. The fourth-order valence-electron chi connectivity index (χ4n) is 2.29. The van der Waals surface area contributed by atoms with Crippen LogP contribution in [0, 0.1) is 0 Å². The normalized spacial score (nSPS) is 15.2. The highest BCUT2D eigenvalue weighted by Crippen LogP contribution is 2.27. The fourth-order valence-corrected chi connectivity index (χ4v) is 3.96. The van der Waals surface area contributed by atoms with Crippen LogP contribution in [0.4, 0.5) is 0 Å². The van der Waals surface area contributed by atoms with Crippen molar-refractivity contribution in [1.82, 2.24) is 10.6 Å². The standard InChI is InChI=1S/C16H14N2O2S2/c19-22(20,13-9-5-2-6-10-13)14-11-17-16(21)18-15(14)12-7-3-1-4-8-12/h1-10H,11H2,(H2,17,18,21). The van der Waals surface area contributed by atoms with Gasteiger partial charge in [-0.05, 0) is 29.9 Å². The van der Waals surface area contributed by atoms with E-state index >= 15 is 0 Å². The average molecular weight is 330 g/mol. The lowest BCUT2D eigenvalue weighted by Crippen LogP contribution is -2.42. The van der Waals surface area contributed by atoms with E-state index in [0.29, 0.717) is 15.7 Å². The highest BCUT2D eigenvalue weighted by atomic mass is 32.2. The van der Waals surface area contributed by atoms with Crippen LogP contribution in [0.2, 0.25) is 0 Å². The average Bonchev–Trinajstić information content (AvgIpc) is 2.56. The third-order valence-corrected chi connectivity index (χ3v) is 5.50. The number of nitrogens with one attached hydrogen (secondary N) is 2. The molecule has 2 aromatic carbocycles. The zero-order valence-electron chi connectivity index (χ0n) is 11.6. The summed E-state index contributed by atoms with van der Waals surface area (Å²) in [6.07, 6.45) is 0. The smallest absolute Gasteiger partial charge is 0.206 e. The van der Waals surface area contributed by atoms with E-state index in [2.05, 4.69) is 10.6 Å². The summed E-state index contributed by atoms with van der Waals surface area (Å²) < 4.78 is 25.8. The number of benzene rings is 2. The van der Waals surface area contributed by atoms with Crippen LogP contribution in [0.15, 0.2) is 70.5 Å². The molecule has 0 unspecified atom stereocenters. The van der Waals surface area contributed by atoms with E-state index in [1.165, 1.54) is 0 Å². The fraction of sp³-hybridized carbons (Fsp3) is 0.0625. The van der Waals surface area contributed by atoms with Crippen molar-refractivity contribution >= 4 is 32.9 Å². The highest BCUT2D eigenvalue weighted by molar-refractivity contribution is 7.95.